The predicted octanol–water partition coefficient (Wildman–Crippen LogP) is 1.52. The second-order valence-corrected chi connectivity index (χ2v) is 5.45. The van der Waals surface area contributed by atoms with Crippen LogP contribution >= 0.6 is 0 Å². The summed E-state index contributed by atoms with van der Waals surface area (Å²) in [4.78, 5) is 14.1. The van der Waals surface area contributed by atoms with Gasteiger partial charge < -0.3 is 9.84 Å². The highest BCUT2D eigenvalue weighted by Gasteiger charge is 2.22. The molecule has 7 heteroatoms. The summed E-state index contributed by atoms with van der Waals surface area (Å²) in [5, 5.41) is 13.4. The summed E-state index contributed by atoms with van der Waals surface area (Å²) in [6.07, 6.45) is 5.95. The number of rotatable bonds is 4. The van der Waals surface area contributed by atoms with Crippen LogP contribution in [0.4, 0.5) is 5.82 Å². The first kappa shape index (κ1) is 13.8. The maximum Gasteiger partial charge on any atom is 0.239 e. The smallest absolute Gasteiger partial charge is 0.239 e. The second-order valence-electron chi connectivity index (χ2n) is 5.45. The fraction of sp³-hybridized carbons (Fsp3) is 0.500. The SMILES string of the molecule is Cc1cc(NC(=O)CN2CCC(c3cn[nH]c3)CC2)no1. The number of piperidine rings is 1. The molecule has 1 fully saturated rings. The Morgan fingerprint density at radius 2 is 2.33 bits per heavy atom. The Balaban J connectivity index is 1.45. The number of aryl methyl sites for hydroxylation is 1. The number of amides is 1. The van der Waals surface area contributed by atoms with Crippen molar-refractivity contribution >= 4 is 11.7 Å². The number of aromatic nitrogens is 3. The molecular formula is C14H19N5O2. The van der Waals surface area contributed by atoms with Gasteiger partial charge in [0.1, 0.15) is 5.76 Å². The monoisotopic (exact) mass is 289 g/mol. The third-order valence-electron chi connectivity index (χ3n) is 3.84. The van der Waals surface area contributed by atoms with E-state index < -0.39 is 0 Å². The van der Waals surface area contributed by atoms with E-state index in [4.69, 9.17) is 4.52 Å². The average Bonchev–Trinajstić information content (AvgIpc) is 3.11. The number of nitrogens with zero attached hydrogens (tertiary/aromatic N) is 3. The van der Waals surface area contributed by atoms with Crippen LogP contribution < -0.4 is 5.32 Å². The minimum absolute atomic E-state index is 0.0509. The van der Waals surface area contributed by atoms with Gasteiger partial charge in [-0.05, 0) is 44.3 Å². The quantitative estimate of drug-likeness (QED) is 0.891. The lowest BCUT2D eigenvalue weighted by Crippen LogP contribution is -2.38. The Morgan fingerprint density at radius 3 is 2.95 bits per heavy atom. The molecule has 3 rings (SSSR count). The van der Waals surface area contributed by atoms with Crippen molar-refractivity contribution in [2.24, 2.45) is 0 Å². The van der Waals surface area contributed by atoms with Crippen LogP contribution in [-0.2, 0) is 4.79 Å². The van der Waals surface area contributed by atoms with Crippen molar-refractivity contribution in [2.45, 2.75) is 25.7 Å². The molecule has 3 heterocycles. The first-order chi connectivity index (χ1) is 10.2. The number of anilines is 1. The third-order valence-corrected chi connectivity index (χ3v) is 3.84. The predicted molar refractivity (Wildman–Crippen MR) is 76.9 cm³/mol. The number of nitrogens with one attached hydrogen (secondary N) is 2. The zero-order valence-electron chi connectivity index (χ0n) is 12.0. The summed E-state index contributed by atoms with van der Waals surface area (Å²) >= 11 is 0. The van der Waals surface area contributed by atoms with Gasteiger partial charge in [-0.2, -0.15) is 5.10 Å². The number of carbonyl (C=O) groups is 1. The molecule has 0 aromatic carbocycles. The molecule has 7 nitrogen and oxygen atoms in total. The van der Waals surface area contributed by atoms with Crippen molar-refractivity contribution in [3.05, 3.63) is 29.8 Å². The second kappa shape index (κ2) is 6.09. The summed E-state index contributed by atoms with van der Waals surface area (Å²) in [6, 6.07) is 1.71. The van der Waals surface area contributed by atoms with E-state index in [0.717, 1.165) is 25.9 Å². The molecule has 1 aliphatic heterocycles. The number of H-pyrrole nitrogens is 1. The van der Waals surface area contributed by atoms with Gasteiger partial charge >= 0.3 is 0 Å². The van der Waals surface area contributed by atoms with Gasteiger partial charge in [0.05, 0.1) is 12.7 Å². The molecule has 0 radical (unpaired) electrons. The van der Waals surface area contributed by atoms with Gasteiger partial charge in [-0.25, -0.2) is 0 Å². The summed E-state index contributed by atoms with van der Waals surface area (Å²) in [5.74, 6) is 1.66. The minimum Gasteiger partial charge on any atom is -0.360 e. The van der Waals surface area contributed by atoms with Crippen LogP contribution in [0, 0.1) is 6.92 Å². The molecule has 2 aromatic rings. The Bertz CT molecular complexity index is 584. The third kappa shape index (κ3) is 3.49. The summed E-state index contributed by atoms with van der Waals surface area (Å²) < 4.78 is 4.92. The molecule has 0 aliphatic carbocycles. The van der Waals surface area contributed by atoms with Crippen molar-refractivity contribution in [1.29, 1.82) is 0 Å². The summed E-state index contributed by atoms with van der Waals surface area (Å²) in [5.41, 5.74) is 1.26. The number of aromatic amines is 1. The fourth-order valence-corrected chi connectivity index (χ4v) is 2.72. The highest BCUT2D eigenvalue weighted by molar-refractivity contribution is 5.91. The van der Waals surface area contributed by atoms with Crippen molar-refractivity contribution < 1.29 is 9.32 Å². The Kier molecular flexibility index (Phi) is 4.01. The van der Waals surface area contributed by atoms with Crippen molar-refractivity contribution in [3.8, 4) is 0 Å². The highest BCUT2D eigenvalue weighted by atomic mass is 16.5. The van der Waals surface area contributed by atoms with E-state index in [-0.39, 0.29) is 5.91 Å². The molecule has 0 saturated carbocycles. The van der Waals surface area contributed by atoms with Gasteiger partial charge in [0, 0.05) is 12.3 Å². The number of hydrogen-bond donors (Lipinski definition) is 2. The first-order valence-electron chi connectivity index (χ1n) is 7.15. The van der Waals surface area contributed by atoms with Crippen molar-refractivity contribution in [3.63, 3.8) is 0 Å². The van der Waals surface area contributed by atoms with E-state index in [2.05, 4.69) is 25.6 Å². The van der Waals surface area contributed by atoms with E-state index in [1.165, 1.54) is 5.56 Å². The van der Waals surface area contributed by atoms with Gasteiger partial charge in [-0.1, -0.05) is 5.16 Å². The average molecular weight is 289 g/mol. The van der Waals surface area contributed by atoms with Gasteiger partial charge in [-0.3, -0.25) is 14.8 Å². The van der Waals surface area contributed by atoms with Crippen LogP contribution in [0.15, 0.2) is 23.0 Å². The van der Waals surface area contributed by atoms with Crippen LogP contribution in [0.2, 0.25) is 0 Å². The molecule has 0 unspecified atom stereocenters. The van der Waals surface area contributed by atoms with Crippen LogP contribution in [-0.4, -0.2) is 45.8 Å². The minimum atomic E-state index is -0.0509. The van der Waals surface area contributed by atoms with E-state index in [9.17, 15) is 4.79 Å². The van der Waals surface area contributed by atoms with Crippen LogP contribution in [0.5, 0.6) is 0 Å². The summed E-state index contributed by atoms with van der Waals surface area (Å²) in [7, 11) is 0. The van der Waals surface area contributed by atoms with E-state index in [0.29, 0.717) is 24.0 Å². The molecule has 2 N–H and O–H groups in total. The molecule has 0 spiro atoms. The molecule has 1 amide bonds. The normalized spacial score (nSPS) is 17.0. The molecule has 21 heavy (non-hydrogen) atoms. The van der Waals surface area contributed by atoms with E-state index in [1.807, 2.05) is 12.4 Å². The lowest BCUT2D eigenvalue weighted by Gasteiger charge is -2.30. The molecule has 1 saturated heterocycles. The largest absolute Gasteiger partial charge is 0.360 e. The molecule has 2 aromatic heterocycles. The molecular weight excluding hydrogens is 270 g/mol. The zero-order chi connectivity index (χ0) is 14.7. The summed E-state index contributed by atoms with van der Waals surface area (Å²) in [6.45, 7) is 4.02. The molecule has 0 bridgehead atoms. The Hall–Kier alpha value is -2.15. The van der Waals surface area contributed by atoms with Crippen LogP contribution in [0.3, 0.4) is 0 Å². The number of likely N-dealkylation sites (tertiary alicyclic amines) is 1. The maximum atomic E-state index is 12.0. The van der Waals surface area contributed by atoms with Crippen LogP contribution in [0.1, 0.15) is 30.1 Å². The Labute approximate surface area is 122 Å². The standard InChI is InChI=1S/C14H19N5O2/c1-10-6-13(18-21-10)17-14(20)9-19-4-2-11(3-5-19)12-7-15-16-8-12/h6-8,11H,2-5,9H2,1H3,(H,15,16)(H,17,18,20). The highest BCUT2D eigenvalue weighted by Crippen LogP contribution is 2.26. The van der Waals surface area contributed by atoms with Gasteiger partial charge in [-0.15, -0.1) is 0 Å². The lowest BCUT2D eigenvalue weighted by molar-refractivity contribution is -0.117. The van der Waals surface area contributed by atoms with Crippen LogP contribution in [0.25, 0.3) is 0 Å². The van der Waals surface area contributed by atoms with Gasteiger partial charge in [0.15, 0.2) is 5.82 Å². The zero-order valence-corrected chi connectivity index (χ0v) is 12.0. The van der Waals surface area contributed by atoms with Crippen molar-refractivity contribution in [2.75, 3.05) is 25.0 Å². The first-order valence-corrected chi connectivity index (χ1v) is 7.15. The maximum absolute atomic E-state index is 12.0. The molecule has 112 valence electrons. The van der Waals surface area contributed by atoms with Gasteiger partial charge in [0.25, 0.3) is 0 Å². The Morgan fingerprint density at radius 1 is 1.52 bits per heavy atom. The molecule has 0 atom stereocenters. The fourth-order valence-electron chi connectivity index (χ4n) is 2.72. The van der Waals surface area contributed by atoms with Crippen molar-refractivity contribution in [1.82, 2.24) is 20.3 Å². The number of carbonyl (C=O) groups excluding carboxylic acids is 1. The van der Waals surface area contributed by atoms with E-state index >= 15 is 0 Å². The lowest BCUT2D eigenvalue weighted by atomic mass is 9.91. The van der Waals surface area contributed by atoms with E-state index in [1.54, 1.807) is 13.0 Å². The van der Waals surface area contributed by atoms with Gasteiger partial charge in [0.2, 0.25) is 5.91 Å². The molecule has 1 aliphatic rings. The topological polar surface area (TPSA) is 87.0 Å². The number of hydrogen-bond acceptors (Lipinski definition) is 5.